The average Bonchev–Trinajstić information content (AvgIpc) is 3.28. The van der Waals surface area contributed by atoms with Crippen molar-refractivity contribution in [3.63, 3.8) is 0 Å². The van der Waals surface area contributed by atoms with E-state index in [0.717, 1.165) is 11.1 Å². The highest BCUT2D eigenvalue weighted by Crippen LogP contribution is 2.49. The molecule has 4 rings (SSSR count). The molecule has 3 aliphatic rings. The van der Waals surface area contributed by atoms with Crippen molar-refractivity contribution in [3.8, 4) is 0 Å². The highest BCUT2D eigenvalue weighted by Gasteiger charge is 2.62. The van der Waals surface area contributed by atoms with Crippen LogP contribution in [0.25, 0.3) is 0 Å². The molecule has 3 saturated heterocycles. The first-order valence-electron chi connectivity index (χ1n) is 14.1. The molecule has 0 amide bonds. The summed E-state index contributed by atoms with van der Waals surface area (Å²) in [6.07, 6.45) is -3.10. The largest absolute Gasteiger partial charge is 0.451 e. The van der Waals surface area contributed by atoms with E-state index >= 15 is 0 Å². The third kappa shape index (κ3) is 6.10. The number of hydrogen-bond donors (Lipinski definition) is 0. The van der Waals surface area contributed by atoms with Crippen molar-refractivity contribution in [1.29, 1.82) is 0 Å². The molecule has 3 heterocycles. The highest BCUT2D eigenvalue weighted by molar-refractivity contribution is 5.88. The Kier molecular flexibility index (Phi) is 8.39. The van der Waals surface area contributed by atoms with E-state index in [-0.39, 0.29) is 29.6 Å². The lowest BCUT2D eigenvalue weighted by atomic mass is 9.61. The number of fused-ring (bicyclic) bond motifs is 3. The zero-order valence-electron chi connectivity index (χ0n) is 25.0. The summed E-state index contributed by atoms with van der Waals surface area (Å²) < 4.78 is 36.6. The molecule has 0 saturated carbocycles. The third-order valence-electron chi connectivity index (χ3n) is 8.36. The van der Waals surface area contributed by atoms with Crippen LogP contribution in [0.1, 0.15) is 86.3 Å². The monoisotopic (exact) mass is 546 g/mol. The molecule has 8 nitrogen and oxygen atoms in total. The Labute approximate surface area is 233 Å². The van der Waals surface area contributed by atoms with Crippen molar-refractivity contribution in [3.05, 3.63) is 35.4 Å². The number of carbonyl (C=O) groups is 2. The smallest absolute Gasteiger partial charge is 0.313 e. The van der Waals surface area contributed by atoms with Crippen LogP contribution in [0.4, 0.5) is 0 Å². The summed E-state index contributed by atoms with van der Waals surface area (Å²) in [6.45, 7) is 19.5. The Balaban J connectivity index is 1.52. The molecule has 0 aliphatic carbocycles. The van der Waals surface area contributed by atoms with Gasteiger partial charge in [0.1, 0.15) is 18.3 Å². The first kappa shape index (κ1) is 30.1. The van der Waals surface area contributed by atoms with Crippen LogP contribution >= 0.6 is 0 Å². The Morgan fingerprint density at radius 2 is 1.67 bits per heavy atom. The molecule has 3 aliphatic heterocycles. The first-order valence-corrected chi connectivity index (χ1v) is 14.1. The standard InChI is InChI=1S/C31H46O8/c1-10-34-17-19-11-13-20(14-12-19)31(9)38-25-23-24(36-26(25)39-31)22(21(32)15-16-35-23)37-27(33)30(8,29(5,6)7)18-28(2,3)4/h11-14,22-26H,10,15-18H2,1-9H3. The van der Waals surface area contributed by atoms with Crippen LogP contribution in [-0.2, 0) is 50.4 Å². The summed E-state index contributed by atoms with van der Waals surface area (Å²) in [4.78, 5) is 27.0. The molecule has 7 atom stereocenters. The second-order valence-corrected chi connectivity index (χ2v) is 13.6. The van der Waals surface area contributed by atoms with Gasteiger partial charge in [0.05, 0.1) is 18.6 Å². The minimum atomic E-state index is -1.09. The molecule has 8 heteroatoms. The molecule has 0 bridgehead atoms. The van der Waals surface area contributed by atoms with E-state index in [2.05, 4.69) is 20.8 Å². The fourth-order valence-corrected chi connectivity index (χ4v) is 5.77. The molecule has 0 N–H and O–H groups in total. The molecule has 0 spiro atoms. The molecular formula is C31H46O8. The normalized spacial score (nSPS) is 32.7. The summed E-state index contributed by atoms with van der Waals surface area (Å²) in [6, 6.07) is 7.89. The van der Waals surface area contributed by atoms with E-state index in [1.54, 1.807) is 0 Å². The number of benzene rings is 1. The first-order chi connectivity index (χ1) is 18.1. The average molecular weight is 547 g/mol. The van der Waals surface area contributed by atoms with E-state index in [1.807, 2.05) is 65.8 Å². The third-order valence-corrected chi connectivity index (χ3v) is 8.36. The number of carbonyl (C=O) groups excluding carboxylic acids is 2. The van der Waals surface area contributed by atoms with Gasteiger partial charge in [-0.1, -0.05) is 65.8 Å². The van der Waals surface area contributed by atoms with Gasteiger partial charge in [0.15, 0.2) is 24.0 Å². The summed E-state index contributed by atoms with van der Waals surface area (Å²) in [7, 11) is 0. The van der Waals surface area contributed by atoms with E-state index < -0.39 is 47.9 Å². The maximum Gasteiger partial charge on any atom is 0.313 e. The van der Waals surface area contributed by atoms with Gasteiger partial charge >= 0.3 is 5.97 Å². The fourth-order valence-electron chi connectivity index (χ4n) is 5.77. The second-order valence-electron chi connectivity index (χ2n) is 13.6. The second kappa shape index (κ2) is 10.9. The number of rotatable bonds is 7. The molecule has 1 aromatic rings. The zero-order valence-corrected chi connectivity index (χ0v) is 25.0. The van der Waals surface area contributed by atoms with Gasteiger partial charge in [0, 0.05) is 18.6 Å². The zero-order chi connectivity index (χ0) is 28.8. The lowest BCUT2D eigenvalue weighted by Crippen LogP contribution is -2.50. The number of Topliss-reactive ketones (excluding diaryl/α,β-unsaturated/α-hetero) is 1. The van der Waals surface area contributed by atoms with Crippen molar-refractivity contribution >= 4 is 11.8 Å². The maximum absolute atomic E-state index is 13.8. The van der Waals surface area contributed by atoms with Crippen LogP contribution in [0.2, 0.25) is 0 Å². The SMILES string of the molecule is CCOCc1ccc(C2(C)OC3OC4C(OC(=O)C(C)(CC(C)(C)C)C(C)(C)C)C(=O)CCOC4C3O2)cc1. The Morgan fingerprint density at radius 3 is 2.26 bits per heavy atom. The number of ether oxygens (including phenoxy) is 6. The number of esters is 1. The van der Waals surface area contributed by atoms with Crippen molar-refractivity contribution < 1.29 is 38.0 Å². The van der Waals surface area contributed by atoms with E-state index in [4.69, 9.17) is 28.4 Å². The van der Waals surface area contributed by atoms with Gasteiger partial charge in [-0.15, -0.1) is 0 Å². The molecular weight excluding hydrogens is 500 g/mol. The summed E-state index contributed by atoms with van der Waals surface area (Å²) >= 11 is 0. The molecule has 39 heavy (non-hydrogen) atoms. The van der Waals surface area contributed by atoms with Crippen LogP contribution in [0.3, 0.4) is 0 Å². The summed E-state index contributed by atoms with van der Waals surface area (Å²) in [5.74, 6) is -1.66. The quantitative estimate of drug-likeness (QED) is 0.426. The highest BCUT2D eigenvalue weighted by atomic mass is 16.8. The van der Waals surface area contributed by atoms with E-state index in [9.17, 15) is 9.59 Å². The van der Waals surface area contributed by atoms with Gasteiger partial charge in [-0.05, 0) is 43.6 Å². The topological polar surface area (TPSA) is 89.5 Å². The number of ketones is 1. The van der Waals surface area contributed by atoms with Crippen LogP contribution in [-0.4, -0.2) is 55.7 Å². The lowest BCUT2D eigenvalue weighted by Gasteiger charge is -2.44. The van der Waals surface area contributed by atoms with Crippen molar-refractivity contribution in [2.45, 2.75) is 118 Å². The van der Waals surface area contributed by atoms with Gasteiger partial charge in [0.2, 0.25) is 0 Å². The summed E-state index contributed by atoms with van der Waals surface area (Å²) in [5, 5.41) is 0. The molecule has 218 valence electrons. The van der Waals surface area contributed by atoms with Crippen LogP contribution in [0, 0.1) is 16.2 Å². The van der Waals surface area contributed by atoms with Gasteiger partial charge in [0.25, 0.3) is 0 Å². The van der Waals surface area contributed by atoms with Crippen molar-refractivity contribution in [2.75, 3.05) is 13.2 Å². The van der Waals surface area contributed by atoms with Crippen LogP contribution in [0.5, 0.6) is 0 Å². The minimum Gasteiger partial charge on any atom is -0.451 e. The predicted molar refractivity (Wildman–Crippen MR) is 145 cm³/mol. The predicted octanol–water partition coefficient (Wildman–Crippen LogP) is 5.29. The molecule has 1 aromatic carbocycles. The Hall–Kier alpha value is -1.84. The van der Waals surface area contributed by atoms with Gasteiger partial charge in [-0.25, -0.2) is 0 Å². The van der Waals surface area contributed by atoms with E-state index in [0.29, 0.717) is 19.6 Å². The number of hydrogen-bond acceptors (Lipinski definition) is 8. The molecule has 3 fully saturated rings. The Bertz CT molecular complexity index is 1040. The van der Waals surface area contributed by atoms with Gasteiger partial charge < -0.3 is 28.4 Å². The fraction of sp³-hybridized carbons (Fsp3) is 0.742. The molecule has 7 unspecified atom stereocenters. The van der Waals surface area contributed by atoms with Gasteiger partial charge in [-0.2, -0.15) is 0 Å². The van der Waals surface area contributed by atoms with Crippen molar-refractivity contribution in [2.24, 2.45) is 16.2 Å². The lowest BCUT2D eigenvalue weighted by molar-refractivity contribution is -0.243. The molecule has 0 aromatic heterocycles. The Morgan fingerprint density at radius 1 is 1.00 bits per heavy atom. The van der Waals surface area contributed by atoms with Crippen LogP contribution < -0.4 is 0 Å². The van der Waals surface area contributed by atoms with E-state index in [1.165, 1.54) is 0 Å². The molecule has 0 radical (unpaired) electrons. The minimum absolute atomic E-state index is 0.117. The maximum atomic E-state index is 13.8. The van der Waals surface area contributed by atoms with Gasteiger partial charge in [-0.3, -0.25) is 9.59 Å². The summed E-state index contributed by atoms with van der Waals surface area (Å²) in [5.41, 5.74) is 0.577. The van der Waals surface area contributed by atoms with Crippen LogP contribution in [0.15, 0.2) is 24.3 Å². The van der Waals surface area contributed by atoms with Crippen molar-refractivity contribution in [1.82, 2.24) is 0 Å².